The van der Waals surface area contributed by atoms with Crippen LogP contribution < -0.4 is 5.32 Å². The maximum Gasteiger partial charge on any atom is 0.251 e. The van der Waals surface area contributed by atoms with Crippen molar-refractivity contribution in [3.05, 3.63) is 105 Å². The maximum absolute atomic E-state index is 13.0. The summed E-state index contributed by atoms with van der Waals surface area (Å²) in [5.41, 5.74) is 6.15. The van der Waals surface area contributed by atoms with Crippen LogP contribution >= 0.6 is 23.2 Å². The molecule has 0 unspecified atom stereocenters. The lowest BCUT2D eigenvalue weighted by atomic mass is 10.0. The number of amides is 1. The van der Waals surface area contributed by atoms with Gasteiger partial charge in [0.2, 0.25) is 0 Å². The number of aromatic amines is 1. The molecule has 3 N–H and O–H groups in total. The summed E-state index contributed by atoms with van der Waals surface area (Å²) in [5.74, 6) is 0.222. The predicted octanol–water partition coefficient (Wildman–Crippen LogP) is 6.57. The van der Waals surface area contributed by atoms with Crippen molar-refractivity contribution < 1.29 is 9.90 Å². The Labute approximate surface area is 220 Å². The Morgan fingerprint density at radius 3 is 2.72 bits per heavy atom. The van der Waals surface area contributed by atoms with Gasteiger partial charge in [0.05, 0.1) is 0 Å². The third kappa shape index (κ3) is 5.59. The number of halogens is 2. The molecule has 0 saturated heterocycles. The van der Waals surface area contributed by atoms with Gasteiger partial charge in [-0.05, 0) is 72.0 Å². The van der Waals surface area contributed by atoms with Gasteiger partial charge in [-0.25, -0.2) is 0 Å². The third-order valence-corrected chi connectivity index (χ3v) is 6.92. The van der Waals surface area contributed by atoms with Crippen molar-refractivity contribution in [2.45, 2.75) is 25.9 Å². The molecule has 1 aromatic heterocycles. The molecule has 0 radical (unpaired) electrons. The number of H-pyrrole nitrogens is 1. The first-order valence-corrected chi connectivity index (χ1v) is 12.8. The van der Waals surface area contributed by atoms with Crippen LogP contribution in [0.1, 0.15) is 39.2 Å². The number of carbonyl (C=O) groups excluding carboxylic acids is 1. The molecule has 5 nitrogen and oxygen atoms in total. The lowest BCUT2D eigenvalue weighted by Crippen LogP contribution is -2.31. The average Bonchev–Trinajstić information content (AvgIpc) is 3.20. The van der Waals surface area contributed by atoms with Crippen molar-refractivity contribution in [3.8, 4) is 5.75 Å². The second-order valence-electron chi connectivity index (χ2n) is 9.08. The molecular formula is C29H27Cl2N3O2. The third-order valence-electron chi connectivity index (χ3n) is 6.49. The van der Waals surface area contributed by atoms with Crippen molar-refractivity contribution >= 4 is 46.1 Å². The number of rotatable bonds is 7. The van der Waals surface area contributed by atoms with Crippen LogP contribution in [-0.4, -0.2) is 34.0 Å². The van der Waals surface area contributed by atoms with Gasteiger partial charge in [0, 0.05) is 58.4 Å². The van der Waals surface area contributed by atoms with E-state index in [1.165, 1.54) is 11.3 Å². The van der Waals surface area contributed by atoms with E-state index >= 15 is 0 Å². The SMILES string of the molecule is O=C(NCC/C=C/c1cc(Cl)cc(Cl)c1)c1ccccc1CN1CCc2c([nH]c3ccc(O)cc23)C1. The summed E-state index contributed by atoms with van der Waals surface area (Å²) in [5, 5.41) is 15.2. The highest BCUT2D eigenvalue weighted by Gasteiger charge is 2.22. The smallest absolute Gasteiger partial charge is 0.251 e. The van der Waals surface area contributed by atoms with Crippen molar-refractivity contribution in [1.29, 1.82) is 0 Å². The minimum Gasteiger partial charge on any atom is -0.508 e. The lowest BCUT2D eigenvalue weighted by molar-refractivity contribution is 0.0952. The number of hydrogen-bond acceptors (Lipinski definition) is 3. The van der Waals surface area contributed by atoms with Gasteiger partial charge in [-0.1, -0.05) is 53.6 Å². The van der Waals surface area contributed by atoms with E-state index in [0.717, 1.165) is 41.5 Å². The molecular weight excluding hydrogens is 493 g/mol. The fourth-order valence-corrected chi connectivity index (χ4v) is 5.34. The Hall–Kier alpha value is -3.25. The van der Waals surface area contributed by atoms with E-state index in [4.69, 9.17) is 23.2 Å². The summed E-state index contributed by atoms with van der Waals surface area (Å²) in [6.07, 6.45) is 5.55. The Morgan fingerprint density at radius 2 is 1.89 bits per heavy atom. The first kappa shape index (κ1) is 24.4. The molecule has 0 spiro atoms. The number of benzene rings is 3. The molecule has 0 fully saturated rings. The van der Waals surface area contributed by atoms with Crippen LogP contribution in [0.15, 0.2) is 66.7 Å². The molecule has 2 heterocycles. The summed E-state index contributed by atoms with van der Waals surface area (Å²) in [7, 11) is 0. The van der Waals surface area contributed by atoms with Crippen LogP contribution in [0.4, 0.5) is 0 Å². The number of nitrogens with one attached hydrogen (secondary N) is 2. The Kier molecular flexibility index (Phi) is 7.33. The molecule has 36 heavy (non-hydrogen) atoms. The molecule has 7 heteroatoms. The molecule has 0 saturated carbocycles. The van der Waals surface area contributed by atoms with Gasteiger partial charge >= 0.3 is 0 Å². The minimum atomic E-state index is -0.0661. The Balaban J connectivity index is 1.19. The van der Waals surface area contributed by atoms with Crippen molar-refractivity contribution in [3.63, 3.8) is 0 Å². The second kappa shape index (κ2) is 10.8. The summed E-state index contributed by atoms with van der Waals surface area (Å²) in [6, 6.07) is 18.7. The van der Waals surface area contributed by atoms with Crippen molar-refractivity contribution in [2.24, 2.45) is 0 Å². The Bertz CT molecular complexity index is 1420. The molecule has 1 amide bonds. The molecule has 1 aliphatic rings. The zero-order valence-corrected chi connectivity index (χ0v) is 21.2. The molecule has 0 bridgehead atoms. The van der Waals surface area contributed by atoms with Gasteiger partial charge in [0.15, 0.2) is 0 Å². The van der Waals surface area contributed by atoms with Crippen LogP contribution in [0.25, 0.3) is 17.0 Å². The number of phenols is 1. The van der Waals surface area contributed by atoms with Crippen LogP contribution in [0.3, 0.4) is 0 Å². The van der Waals surface area contributed by atoms with Crippen LogP contribution in [-0.2, 0) is 19.5 Å². The van der Waals surface area contributed by atoms with E-state index in [0.29, 0.717) is 35.1 Å². The molecule has 184 valence electrons. The van der Waals surface area contributed by atoms with E-state index < -0.39 is 0 Å². The normalized spacial score (nSPS) is 13.8. The van der Waals surface area contributed by atoms with Gasteiger partial charge in [-0.2, -0.15) is 0 Å². The average molecular weight is 520 g/mol. The standard InChI is InChI=1S/C29H27Cl2N3O2/c30-21-13-19(14-22(31)15-21)5-3-4-11-32-29(36)24-7-2-1-6-20(24)17-34-12-10-25-26-16-23(35)8-9-27(26)33-28(25)18-34/h1-3,5-9,13-16,33,35H,4,10-12,17-18H2,(H,32,36)/b5-3+. The summed E-state index contributed by atoms with van der Waals surface area (Å²) in [4.78, 5) is 18.8. The maximum atomic E-state index is 13.0. The monoisotopic (exact) mass is 519 g/mol. The van der Waals surface area contributed by atoms with Crippen molar-refractivity contribution in [1.82, 2.24) is 15.2 Å². The van der Waals surface area contributed by atoms with Gasteiger partial charge in [0.25, 0.3) is 5.91 Å². The molecule has 5 rings (SSSR count). The van der Waals surface area contributed by atoms with E-state index in [1.54, 1.807) is 12.1 Å². The lowest BCUT2D eigenvalue weighted by Gasteiger charge is -2.27. The molecule has 0 atom stereocenters. The first-order chi connectivity index (χ1) is 17.5. The number of aromatic nitrogens is 1. The van der Waals surface area contributed by atoms with Crippen LogP contribution in [0.2, 0.25) is 10.0 Å². The summed E-state index contributed by atoms with van der Waals surface area (Å²) >= 11 is 12.1. The van der Waals surface area contributed by atoms with Gasteiger partial charge in [0.1, 0.15) is 5.75 Å². The molecule has 4 aromatic rings. The highest BCUT2D eigenvalue weighted by Crippen LogP contribution is 2.30. The summed E-state index contributed by atoms with van der Waals surface area (Å²) < 4.78 is 0. The first-order valence-electron chi connectivity index (χ1n) is 12.0. The highest BCUT2D eigenvalue weighted by atomic mass is 35.5. The number of aromatic hydroxyl groups is 1. The van der Waals surface area contributed by atoms with Gasteiger partial charge in [-0.15, -0.1) is 0 Å². The Morgan fingerprint density at radius 1 is 1.08 bits per heavy atom. The van der Waals surface area contributed by atoms with Gasteiger partial charge in [-0.3, -0.25) is 9.69 Å². The van der Waals surface area contributed by atoms with E-state index in [2.05, 4.69) is 15.2 Å². The van der Waals surface area contributed by atoms with Crippen LogP contribution in [0, 0.1) is 0 Å². The summed E-state index contributed by atoms with van der Waals surface area (Å²) in [6.45, 7) is 2.90. The number of fused-ring (bicyclic) bond motifs is 3. The number of phenolic OH excluding ortho intramolecular Hbond substituents is 1. The second-order valence-corrected chi connectivity index (χ2v) is 9.95. The molecule has 1 aliphatic heterocycles. The zero-order chi connectivity index (χ0) is 25.1. The van der Waals surface area contributed by atoms with E-state index in [-0.39, 0.29) is 11.7 Å². The van der Waals surface area contributed by atoms with E-state index in [9.17, 15) is 9.90 Å². The van der Waals surface area contributed by atoms with Gasteiger partial charge < -0.3 is 15.4 Å². The van der Waals surface area contributed by atoms with Crippen LogP contribution in [0.5, 0.6) is 5.75 Å². The predicted molar refractivity (Wildman–Crippen MR) is 147 cm³/mol. The molecule has 0 aliphatic carbocycles. The fourth-order valence-electron chi connectivity index (χ4n) is 4.80. The minimum absolute atomic E-state index is 0.0661. The number of hydrogen-bond donors (Lipinski definition) is 3. The number of nitrogens with zero attached hydrogens (tertiary/aromatic N) is 1. The zero-order valence-electron chi connectivity index (χ0n) is 19.7. The van der Waals surface area contributed by atoms with Crippen molar-refractivity contribution in [2.75, 3.05) is 13.1 Å². The van der Waals surface area contributed by atoms with E-state index in [1.807, 2.05) is 60.7 Å². The highest BCUT2D eigenvalue weighted by molar-refractivity contribution is 6.34. The topological polar surface area (TPSA) is 68.4 Å². The number of carbonyl (C=O) groups is 1. The largest absolute Gasteiger partial charge is 0.508 e. The fraction of sp³-hybridized carbons (Fsp3) is 0.207. The quantitative estimate of drug-likeness (QED) is 0.242. The molecule has 3 aromatic carbocycles.